The lowest BCUT2D eigenvalue weighted by molar-refractivity contribution is 0.151. The van der Waals surface area contributed by atoms with E-state index in [9.17, 15) is 5.11 Å². The van der Waals surface area contributed by atoms with E-state index in [1.165, 1.54) is 12.8 Å². The number of aliphatic hydroxyl groups is 1. The molecule has 66 valence electrons. The third-order valence-electron chi connectivity index (χ3n) is 2.34. The Bertz CT molecular complexity index is 267. The second-order valence-corrected chi connectivity index (χ2v) is 3.48. The molecule has 1 heterocycles. The molecule has 1 N–H and O–H groups in total. The van der Waals surface area contributed by atoms with Crippen molar-refractivity contribution in [2.45, 2.75) is 25.4 Å². The van der Waals surface area contributed by atoms with Gasteiger partial charge in [-0.1, -0.05) is 18.1 Å². The molecule has 4 heteroatoms. The molecule has 0 aliphatic heterocycles. The highest BCUT2D eigenvalue weighted by Gasteiger charge is 2.26. The van der Waals surface area contributed by atoms with Gasteiger partial charge in [0.2, 0.25) is 0 Å². The summed E-state index contributed by atoms with van der Waals surface area (Å²) in [6.07, 6.45) is 4.65. The Labute approximate surface area is 71.2 Å². The van der Waals surface area contributed by atoms with Crippen molar-refractivity contribution < 1.29 is 5.11 Å². The summed E-state index contributed by atoms with van der Waals surface area (Å²) in [6.45, 7) is 0. The number of hydrogen-bond acceptors (Lipinski definition) is 3. The van der Waals surface area contributed by atoms with Crippen molar-refractivity contribution >= 4 is 0 Å². The number of nitrogens with zero attached hydrogens (tertiary/aromatic N) is 3. The molecule has 12 heavy (non-hydrogen) atoms. The summed E-state index contributed by atoms with van der Waals surface area (Å²) < 4.78 is 1.63. The van der Waals surface area contributed by atoms with Gasteiger partial charge in [0, 0.05) is 7.05 Å². The SMILES string of the molecule is Cn1nncc1C(O)CC1CC1. The van der Waals surface area contributed by atoms with Crippen molar-refractivity contribution in [2.75, 3.05) is 0 Å². The van der Waals surface area contributed by atoms with Crippen LogP contribution in [0.2, 0.25) is 0 Å². The predicted octanol–water partition coefficient (Wildman–Crippen LogP) is 0.649. The van der Waals surface area contributed by atoms with Gasteiger partial charge in [0.25, 0.3) is 0 Å². The maximum absolute atomic E-state index is 9.70. The van der Waals surface area contributed by atoms with Crippen LogP contribution in [0.15, 0.2) is 6.20 Å². The maximum Gasteiger partial charge on any atom is 0.0975 e. The van der Waals surface area contributed by atoms with Crippen molar-refractivity contribution in [3.8, 4) is 0 Å². The molecule has 1 fully saturated rings. The number of rotatable bonds is 3. The number of aryl methyl sites for hydroxylation is 1. The zero-order valence-electron chi connectivity index (χ0n) is 7.14. The van der Waals surface area contributed by atoms with Crippen molar-refractivity contribution in [3.63, 3.8) is 0 Å². The monoisotopic (exact) mass is 167 g/mol. The van der Waals surface area contributed by atoms with E-state index in [2.05, 4.69) is 10.3 Å². The molecule has 0 bridgehead atoms. The minimum Gasteiger partial charge on any atom is -0.387 e. The summed E-state index contributed by atoms with van der Waals surface area (Å²) in [5.74, 6) is 0.731. The molecule has 0 spiro atoms. The lowest BCUT2D eigenvalue weighted by Crippen LogP contribution is -2.05. The molecule has 1 aliphatic rings. The van der Waals surface area contributed by atoms with Gasteiger partial charge in [0.15, 0.2) is 0 Å². The highest BCUT2D eigenvalue weighted by Crippen LogP contribution is 2.37. The topological polar surface area (TPSA) is 50.9 Å². The summed E-state index contributed by atoms with van der Waals surface area (Å²) in [4.78, 5) is 0. The molecular weight excluding hydrogens is 154 g/mol. The molecule has 0 radical (unpaired) electrons. The van der Waals surface area contributed by atoms with E-state index in [1.807, 2.05) is 0 Å². The Kier molecular flexibility index (Phi) is 1.84. The molecule has 1 saturated carbocycles. The lowest BCUT2D eigenvalue weighted by Gasteiger charge is -2.08. The van der Waals surface area contributed by atoms with Crippen LogP contribution in [0.3, 0.4) is 0 Å². The molecule has 0 aromatic carbocycles. The van der Waals surface area contributed by atoms with Crippen LogP contribution in [0.1, 0.15) is 31.1 Å². The second kappa shape index (κ2) is 2.86. The van der Waals surface area contributed by atoms with Crippen molar-refractivity contribution in [1.82, 2.24) is 15.0 Å². The molecule has 1 aromatic rings. The first-order valence-corrected chi connectivity index (χ1v) is 4.30. The zero-order valence-corrected chi connectivity index (χ0v) is 7.14. The fourth-order valence-corrected chi connectivity index (χ4v) is 1.39. The fourth-order valence-electron chi connectivity index (χ4n) is 1.39. The first-order valence-electron chi connectivity index (χ1n) is 4.30. The Balaban J connectivity index is 2.02. The highest BCUT2D eigenvalue weighted by atomic mass is 16.3. The van der Waals surface area contributed by atoms with Gasteiger partial charge in [-0.2, -0.15) is 0 Å². The van der Waals surface area contributed by atoms with Gasteiger partial charge in [-0.05, 0) is 12.3 Å². The number of aliphatic hydroxyl groups excluding tert-OH is 1. The van der Waals surface area contributed by atoms with Crippen molar-refractivity contribution in [3.05, 3.63) is 11.9 Å². The molecule has 1 unspecified atom stereocenters. The smallest absolute Gasteiger partial charge is 0.0975 e. The van der Waals surface area contributed by atoms with E-state index in [-0.39, 0.29) is 6.10 Å². The van der Waals surface area contributed by atoms with Gasteiger partial charge in [0.1, 0.15) is 0 Å². The minimum absolute atomic E-state index is 0.377. The van der Waals surface area contributed by atoms with Crippen molar-refractivity contribution in [2.24, 2.45) is 13.0 Å². The maximum atomic E-state index is 9.70. The van der Waals surface area contributed by atoms with Crippen LogP contribution in [0, 0.1) is 5.92 Å². The van der Waals surface area contributed by atoms with E-state index in [1.54, 1.807) is 17.9 Å². The van der Waals surface area contributed by atoms with Crippen LogP contribution in [0.5, 0.6) is 0 Å². The van der Waals surface area contributed by atoms with Gasteiger partial charge >= 0.3 is 0 Å². The molecule has 0 saturated heterocycles. The van der Waals surface area contributed by atoms with Crippen LogP contribution < -0.4 is 0 Å². The summed E-state index contributed by atoms with van der Waals surface area (Å²) in [5, 5.41) is 17.2. The predicted molar refractivity (Wildman–Crippen MR) is 43.3 cm³/mol. The van der Waals surface area contributed by atoms with E-state index < -0.39 is 0 Å². The van der Waals surface area contributed by atoms with Crippen LogP contribution in [-0.2, 0) is 7.05 Å². The van der Waals surface area contributed by atoms with Crippen LogP contribution >= 0.6 is 0 Å². The second-order valence-electron chi connectivity index (χ2n) is 3.48. The molecular formula is C8H13N3O. The largest absolute Gasteiger partial charge is 0.387 e. The quantitative estimate of drug-likeness (QED) is 0.719. The molecule has 0 amide bonds. The van der Waals surface area contributed by atoms with E-state index >= 15 is 0 Å². The number of hydrogen-bond donors (Lipinski definition) is 1. The van der Waals surface area contributed by atoms with Gasteiger partial charge in [-0.3, -0.25) is 0 Å². The van der Waals surface area contributed by atoms with Gasteiger partial charge < -0.3 is 5.11 Å². The summed E-state index contributed by atoms with van der Waals surface area (Å²) in [7, 11) is 1.80. The van der Waals surface area contributed by atoms with Gasteiger partial charge in [-0.25, -0.2) is 4.68 Å². The van der Waals surface area contributed by atoms with E-state index in [0.717, 1.165) is 18.0 Å². The first-order chi connectivity index (χ1) is 5.77. The van der Waals surface area contributed by atoms with Gasteiger partial charge in [-0.15, -0.1) is 5.10 Å². The van der Waals surface area contributed by atoms with Gasteiger partial charge in [0.05, 0.1) is 18.0 Å². The van der Waals surface area contributed by atoms with E-state index in [4.69, 9.17) is 0 Å². The van der Waals surface area contributed by atoms with E-state index in [0.29, 0.717) is 0 Å². The summed E-state index contributed by atoms with van der Waals surface area (Å²) >= 11 is 0. The van der Waals surface area contributed by atoms with Crippen LogP contribution in [0.25, 0.3) is 0 Å². The summed E-state index contributed by atoms with van der Waals surface area (Å²) in [5.41, 5.74) is 0.821. The first kappa shape index (κ1) is 7.73. The lowest BCUT2D eigenvalue weighted by atomic mass is 10.1. The third kappa shape index (κ3) is 1.48. The minimum atomic E-state index is -0.377. The fraction of sp³-hybridized carbons (Fsp3) is 0.750. The molecule has 1 aliphatic carbocycles. The highest BCUT2D eigenvalue weighted by molar-refractivity contribution is 4.99. The Morgan fingerprint density at radius 3 is 3.00 bits per heavy atom. The van der Waals surface area contributed by atoms with Crippen LogP contribution in [0.4, 0.5) is 0 Å². The summed E-state index contributed by atoms with van der Waals surface area (Å²) in [6, 6.07) is 0. The van der Waals surface area contributed by atoms with Crippen LogP contribution in [-0.4, -0.2) is 20.1 Å². The molecule has 4 nitrogen and oxygen atoms in total. The Morgan fingerprint density at radius 1 is 1.75 bits per heavy atom. The Morgan fingerprint density at radius 2 is 2.50 bits per heavy atom. The Hall–Kier alpha value is -0.900. The zero-order chi connectivity index (χ0) is 8.55. The molecule has 1 aromatic heterocycles. The molecule has 2 rings (SSSR count). The average molecular weight is 167 g/mol. The molecule has 1 atom stereocenters. The number of aromatic nitrogens is 3. The van der Waals surface area contributed by atoms with Crippen molar-refractivity contribution in [1.29, 1.82) is 0 Å². The standard InChI is InChI=1S/C8H13N3O/c1-11-7(5-9-10-11)8(12)4-6-2-3-6/h5-6,8,12H,2-4H2,1H3. The third-order valence-corrected chi connectivity index (χ3v) is 2.34. The normalized spacial score (nSPS) is 19.5. The average Bonchev–Trinajstić information content (AvgIpc) is 2.72.